The fourth-order valence-corrected chi connectivity index (χ4v) is 4.09. The average molecular weight is 361 g/mol. The number of hydrogen-bond donors (Lipinski definition) is 2. The highest BCUT2D eigenvalue weighted by Gasteiger charge is 2.21. The van der Waals surface area contributed by atoms with Crippen molar-refractivity contribution in [2.45, 2.75) is 25.2 Å². The first kappa shape index (κ1) is 17.8. The van der Waals surface area contributed by atoms with Gasteiger partial charge in [-0.15, -0.1) is 0 Å². The molecule has 1 saturated heterocycles. The Morgan fingerprint density at radius 2 is 2.00 bits per heavy atom. The normalized spacial score (nSPS) is 15.9. The molecule has 0 unspecified atom stereocenters. The zero-order valence-electron chi connectivity index (χ0n) is 16.1. The summed E-state index contributed by atoms with van der Waals surface area (Å²) in [6.07, 6.45) is 5.00. The van der Waals surface area contributed by atoms with Crippen LogP contribution in [0.2, 0.25) is 0 Å². The lowest BCUT2D eigenvalue weighted by Gasteiger charge is -2.28. The maximum atomic E-state index is 12.7. The average Bonchev–Trinajstić information content (AvgIpc) is 3.12. The Morgan fingerprint density at radius 1 is 1.19 bits per heavy atom. The van der Waals surface area contributed by atoms with Crippen LogP contribution in [0.5, 0.6) is 0 Å². The molecule has 140 valence electrons. The van der Waals surface area contributed by atoms with E-state index in [1.54, 1.807) is 0 Å². The summed E-state index contributed by atoms with van der Waals surface area (Å²) in [5, 5.41) is 4.37. The number of piperidine rings is 1. The Bertz CT molecular complexity index is 951. The number of aromatic amines is 1. The Balaban J connectivity index is 1.57. The highest BCUT2D eigenvalue weighted by atomic mass is 16.1. The van der Waals surface area contributed by atoms with Gasteiger partial charge in [-0.1, -0.05) is 18.2 Å². The lowest BCUT2D eigenvalue weighted by Crippen LogP contribution is -2.29. The highest BCUT2D eigenvalue weighted by molar-refractivity contribution is 5.99. The van der Waals surface area contributed by atoms with Gasteiger partial charge in [-0.05, 0) is 74.3 Å². The van der Waals surface area contributed by atoms with Gasteiger partial charge in [0.2, 0.25) is 0 Å². The number of ketones is 1. The van der Waals surface area contributed by atoms with Crippen molar-refractivity contribution < 1.29 is 4.79 Å². The van der Waals surface area contributed by atoms with Crippen LogP contribution < -0.4 is 5.32 Å². The van der Waals surface area contributed by atoms with Crippen molar-refractivity contribution in [2.24, 2.45) is 0 Å². The molecule has 1 aromatic heterocycles. The van der Waals surface area contributed by atoms with E-state index in [2.05, 4.69) is 46.6 Å². The van der Waals surface area contributed by atoms with Gasteiger partial charge >= 0.3 is 0 Å². The second-order valence-corrected chi connectivity index (χ2v) is 7.63. The molecule has 1 fully saturated rings. The molecule has 0 radical (unpaired) electrons. The van der Waals surface area contributed by atoms with Crippen LogP contribution in [0.4, 0.5) is 5.69 Å². The summed E-state index contributed by atoms with van der Waals surface area (Å²) in [4.78, 5) is 18.6. The molecular weight excluding hydrogens is 334 g/mol. The maximum Gasteiger partial charge on any atom is 0.167 e. The molecule has 0 spiro atoms. The van der Waals surface area contributed by atoms with E-state index in [9.17, 15) is 4.79 Å². The molecule has 2 aromatic carbocycles. The van der Waals surface area contributed by atoms with Crippen molar-refractivity contribution in [1.29, 1.82) is 0 Å². The largest absolute Gasteiger partial charge is 0.388 e. The second kappa shape index (κ2) is 7.57. The molecule has 0 amide bonds. The quantitative estimate of drug-likeness (QED) is 0.660. The predicted octanol–water partition coefficient (Wildman–Crippen LogP) is 4.44. The Hall–Kier alpha value is -2.59. The minimum atomic E-state index is 0.155. The monoisotopic (exact) mass is 361 g/mol. The van der Waals surface area contributed by atoms with Gasteiger partial charge in [-0.2, -0.15) is 0 Å². The Morgan fingerprint density at radius 3 is 2.78 bits per heavy atom. The number of aromatic nitrogens is 1. The third-order valence-corrected chi connectivity index (χ3v) is 5.77. The van der Waals surface area contributed by atoms with Crippen LogP contribution in [-0.2, 0) is 6.42 Å². The molecule has 1 aliphatic heterocycles. The van der Waals surface area contributed by atoms with E-state index in [-0.39, 0.29) is 5.78 Å². The summed E-state index contributed by atoms with van der Waals surface area (Å²) in [6.45, 7) is 2.30. The molecule has 0 aliphatic carbocycles. The van der Waals surface area contributed by atoms with Gasteiger partial charge in [-0.25, -0.2) is 0 Å². The number of nitrogens with zero attached hydrogens (tertiary/aromatic N) is 1. The first-order chi connectivity index (χ1) is 13.1. The molecule has 4 nitrogen and oxygen atoms in total. The van der Waals surface area contributed by atoms with Crippen LogP contribution in [0.25, 0.3) is 10.9 Å². The third-order valence-electron chi connectivity index (χ3n) is 5.77. The van der Waals surface area contributed by atoms with E-state index in [1.165, 1.54) is 23.8 Å². The van der Waals surface area contributed by atoms with Gasteiger partial charge in [0.1, 0.15) is 0 Å². The number of carbonyl (C=O) groups excluding carboxylic acids is 1. The van der Waals surface area contributed by atoms with Crippen LogP contribution in [0, 0.1) is 0 Å². The van der Waals surface area contributed by atoms with Crippen LogP contribution in [-0.4, -0.2) is 42.9 Å². The summed E-state index contributed by atoms with van der Waals surface area (Å²) in [7, 11) is 4.06. The van der Waals surface area contributed by atoms with Gasteiger partial charge in [0.05, 0.1) is 0 Å². The SMILES string of the molecule is CNc1cccc(C(=O)Cc2ccc3[nH]cc(C4CCN(C)CC4)c3c2)c1. The van der Waals surface area contributed by atoms with Gasteiger partial charge in [0.25, 0.3) is 0 Å². The van der Waals surface area contributed by atoms with Crippen molar-refractivity contribution in [3.63, 3.8) is 0 Å². The minimum absolute atomic E-state index is 0.155. The number of likely N-dealkylation sites (tertiary alicyclic amines) is 1. The molecule has 0 bridgehead atoms. The van der Waals surface area contributed by atoms with E-state index in [0.29, 0.717) is 12.3 Å². The molecule has 2 N–H and O–H groups in total. The van der Waals surface area contributed by atoms with Gasteiger partial charge in [-0.3, -0.25) is 4.79 Å². The molecule has 0 atom stereocenters. The van der Waals surface area contributed by atoms with Crippen LogP contribution in [0.3, 0.4) is 0 Å². The maximum absolute atomic E-state index is 12.7. The number of fused-ring (bicyclic) bond motifs is 1. The number of Topliss-reactive ketones (excluding diaryl/α,β-unsaturated/α-hetero) is 1. The third kappa shape index (κ3) is 3.76. The minimum Gasteiger partial charge on any atom is -0.388 e. The van der Waals surface area contributed by atoms with Crippen LogP contribution in [0.15, 0.2) is 48.7 Å². The van der Waals surface area contributed by atoms with E-state index >= 15 is 0 Å². The topological polar surface area (TPSA) is 48.1 Å². The standard InChI is InChI=1S/C23H27N3O/c1-24-19-5-3-4-18(14-19)23(27)13-16-6-7-22-20(12-16)21(15-25-22)17-8-10-26(2)11-9-17/h3-7,12,14-15,17,24-25H,8-11,13H2,1-2H3. The van der Waals surface area contributed by atoms with Crippen LogP contribution in [0.1, 0.15) is 40.2 Å². The summed E-state index contributed by atoms with van der Waals surface area (Å²) >= 11 is 0. The van der Waals surface area contributed by atoms with Gasteiger partial charge in [0, 0.05) is 41.8 Å². The molecule has 0 saturated carbocycles. The molecule has 4 rings (SSSR count). The number of nitrogens with one attached hydrogen (secondary N) is 2. The van der Waals surface area contributed by atoms with Crippen molar-refractivity contribution >= 4 is 22.4 Å². The van der Waals surface area contributed by atoms with Crippen molar-refractivity contribution in [2.75, 3.05) is 32.5 Å². The van der Waals surface area contributed by atoms with E-state index in [1.807, 2.05) is 31.3 Å². The first-order valence-electron chi connectivity index (χ1n) is 9.73. The van der Waals surface area contributed by atoms with Crippen LogP contribution >= 0.6 is 0 Å². The molecule has 1 aliphatic rings. The van der Waals surface area contributed by atoms with E-state index in [0.717, 1.165) is 35.4 Å². The van der Waals surface area contributed by atoms with Crippen molar-refractivity contribution in [1.82, 2.24) is 9.88 Å². The summed E-state index contributed by atoms with van der Waals surface area (Å²) in [6, 6.07) is 14.1. The Labute approximate surface area is 160 Å². The predicted molar refractivity (Wildman–Crippen MR) is 112 cm³/mol. The number of carbonyl (C=O) groups is 1. The molecular formula is C23H27N3O. The fraction of sp³-hybridized carbons (Fsp3) is 0.348. The lowest BCUT2D eigenvalue weighted by molar-refractivity contribution is 0.0993. The van der Waals surface area contributed by atoms with Gasteiger partial charge in [0.15, 0.2) is 5.78 Å². The summed E-state index contributed by atoms with van der Waals surface area (Å²) < 4.78 is 0. The summed E-state index contributed by atoms with van der Waals surface area (Å²) in [5.41, 5.74) is 5.37. The van der Waals surface area contributed by atoms with E-state index < -0.39 is 0 Å². The van der Waals surface area contributed by atoms with Crippen molar-refractivity contribution in [3.8, 4) is 0 Å². The number of rotatable bonds is 5. The number of anilines is 1. The summed E-state index contributed by atoms with van der Waals surface area (Å²) in [5.74, 6) is 0.760. The Kier molecular flexibility index (Phi) is 4.99. The first-order valence-corrected chi connectivity index (χ1v) is 9.73. The molecule has 27 heavy (non-hydrogen) atoms. The number of hydrogen-bond acceptors (Lipinski definition) is 3. The fourth-order valence-electron chi connectivity index (χ4n) is 4.09. The number of benzene rings is 2. The molecule has 4 heteroatoms. The molecule has 2 heterocycles. The van der Waals surface area contributed by atoms with Gasteiger partial charge < -0.3 is 15.2 Å². The van der Waals surface area contributed by atoms with E-state index in [4.69, 9.17) is 0 Å². The number of H-pyrrole nitrogens is 1. The van der Waals surface area contributed by atoms with Crippen molar-refractivity contribution in [3.05, 3.63) is 65.4 Å². The smallest absolute Gasteiger partial charge is 0.167 e. The highest BCUT2D eigenvalue weighted by Crippen LogP contribution is 2.33. The second-order valence-electron chi connectivity index (χ2n) is 7.63. The zero-order chi connectivity index (χ0) is 18.8. The lowest BCUT2D eigenvalue weighted by atomic mass is 9.89. The zero-order valence-corrected chi connectivity index (χ0v) is 16.1. The molecule has 3 aromatic rings.